The predicted molar refractivity (Wildman–Crippen MR) is 116 cm³/mol. The van der Waals surface area contributed by atoms with Crippen LogP contribution in [0.15, 0.2) is 35.3 Å². The lowest BCUT2D eigenvalue weighted by Crippen LogP contribution is -2.64. The van der Waals surface area contributed by atoms with Gasteiger partial charge in [-0.3, -0.25) is 4.90 Å². The van der Waals surface area contributed by atoms with Crippen LogP contribution in [0.25, 0.3) is 0 Å². The van der Waals surface area contributed by atoms with Gasteiger partial charge in [-0.1, -0.05) is 49.6 Å². The van der Waals surface area contributed by atoms with Gasteiger partial charge in [0.15, 0.2) is 0 Å². The Morgan fingerprint density at radius 2 is 1.86 bits per heavy atom. The summed E-state index contributed by atoms with van der Waals surface area (Å²) in [4.78, 5) is 22.3. The minimum Gasteiger partial charge on any atom is -0.369 e. The van der Waals surface area contributed by atoms with E-state index in [1.807, 2.05) is 0 Å². The van der Waals surface area contributed by atoms with E-state index in [9.17, 15) is 4.79 Å². The molecule has 1 aromatic carbocycles. The summed E-state index contributed by atoms with van der Waals surface area (Å²) >= 11 is 0. The minimum absolute atomic E-state index is 0.00881. The molecule has 0 aromatic heterocycles. The van der Waals surface area contributed by atoms with Gasteiger partial charge in [0.2, 0.25) is 0 Å². The van der Waals surface area contributed by atoms with E-state index in [4.69, 9.17) is 0 Å². The molecule has 2 atom stereocenters. The van der Waals surface area contributed by atoms with Crippen LogP contribution in [0.2, 0.25) is 0 Å². The minimum atomic E-state index is -0.206. The summed E-state index contributed by atoms with van der Waals surface area (Å²) in [6, 6.07) is 12.1. The van der Waals surface area contributed by atoms with Crippen molar-refractivity contribution in [3.63, 3.8) is 0 Å². The SMILES string of the molecule is C[C@@H]1C[C@@]2(CCN1Cc1ccccc1)C(NC1CCCCC1)=NC(=O)N2C1CC1. The molecule has 156 valence electrons. The standard InChI is InChI=1S/C24H34N4O/c1-18-16-24(14-15-27(18)17-19-8-4-2-5-9-19)22(25-20-10-6-3-7-11-20)26-23(29)28(24)21-12-13-21/h2,4-5,8-9,18,20-21H,3,6-7,10-17H2,1H3,(H,25,26,29)/t18-,24+/m1/s1. The number of nitrogens with one attached hydrogen (secondary N) is 1. The van der Waals surface area contributed by atoms with Gasteiger partial charge in [-0.05, 0) is 51.0 Å². The number of carbonyl (C=O) groups is 1. The fraction of sp³-hybridized carbons (Fsp3) is 0.667. The molecule has 0 bridgehead atoms. The number of piperidine rings is 1. The Balaban J connectivity index is 1.35. The fourth-order valence-corrected chi connectivity index (χ4v) is 5.75. The lowest BCUT2D eigenvalue weighted by molar-refractivity contribution is 0.0561. The van der Waals surface area contributed by atoms with Crippen molar-refractivity contribution in [1.29, 1.82) is 0 Å². The van der Waals surface area contributed by atoms with Crippen LogP contribution in [0.5, 0.6) is 0 Å². The first-order chi connectivity index (χ1) is 14.2. The molecule has 0 unspecified atom stereocenters. The van der Waals surface area contributed by atoms with E-state index in [1.54, 1.807) is 0 Å². The second-order valence-electron chi connectivity index (χ2n) is 9.61. The maximum Gasteiger partial charge on any atom is 0.346 e. The van der Waals surface area contributed by atoms with Crippen LogP contribution in [-0.2, 0) is 6.54 Å². The number of urea groups is 1. The first kappa shape index (κ1) is 19.1. The van der Waals surface area contributed by atoms with Gasteiger partial charge in [-0.2, -0.15) is 4.99 Å². The van der Waals surface area contributed by atoms with E-state index in [0.29, 0.717) is 18.1 Å². The average Bonchev–Trinajstić information content (AvgIpc) is 3.52. The molecule has 2 aliphatic heterocycles. The van der Waals surface area contributed by atoms with E-state index in [1.165, 1.54) is 37.7 Å². The molecular formula is C24H34N4O. The van der Waals surface area contributed by atoms with E-state index < -0.39 is 0 Å². The van der Waals surface area contributed by atoms with Gasteiger partial charge in [-0.25, -0.2) is 4.79 Å². The average molecular weight is 395 g/mol. The number of rotatable bonds is 4. The molecule has 5 heteroatoms. The first-order valence-corrected chi connectivity index (χ1v) is 11.6. The van der Waals surface area contributed by atoms with Crippen molar-refractivity contribution in [3.05, 3.63) is 35.9 Å². The number of benzene rings is 1. The van der Waals surface area contributed by atoms with Gasteiger partial charge in [0.05, 0.1) is 0 Å². The molecular weight excluding hydrogens is 360 g/mol. The molecule has 5 nitrogen and oxygen atoms in total. The van der Waals surface area contributed by atoms with Crippen molar-refractivity contribution in [2.45, 2.75) is 94.9 Å². The molecule has 2 aliphatic carbocycles. The number of nitrogens with zero attached hydrogens (tertiary/aromatic N) is 3. The van der Waals surface area contributed by atoms with E-state index in [-0.39, 0.29) is 11.6 Å². The number of likely N-dealkylation sites (tertiary alicyclic amines) is 1. The van der Waals surface area contributed by atoms with Crippen LogP contribution in [0, 0.1) is 0 Å². The third-order valence-corrected chi connectivity index (χ3v) is 7.47. The molecule has 1 saturated heterocycles. The Morgan fingerprint density at radius 3 is 2.55 bits per heavy atom. The van der Waals surface area contributed by atoms with Crippen LogP contribution in [0.3, 0.4) is 0 Å². The highest BCUT2D eigenvalue weighted by Gasteiger charge is 2.57. The Hall–Kier alpha value is -1.88. The summed E-state index contributed by atoms with van der Waals surface area (Å²) in [5, 5.41) is 3.78. The molecule has 2 amide bonds. The van der Waals surface area contributed by atoms with Crippen molar-refractivity contribution < 1.29 is 4.79 Å². The Kier molecular flexibility index (Phi) is 5.10. The van der Waals surface area contributed by atoms with Crippen molar-refractivity contribution in [3.8, 4) is 0 Å². The number of amidine groups is 1. The molecule has 0 radical (unpaired) electrons. The largest absolute Gasteiger partial charge is 0.369 e. The fourth-order valence-electron chi connectivity index (χ4n) is 5.75. The van der Waals surface area contributed by atoms with Crippen LogP contribution in [0.4, 0.5) is 4.79 Å². The zero-order valence-corrected chi connectivity index (χ0v) is 17.6. The van der Waals surface area contributed by atoms with Gasteiger partial charge in [-0.15, -0.1) is 0 Å². The van der Waals surface area contributed by atoms with Crippen LogP contribution in [-0.4, -0.2) is 51.9 Å². The van der Waals surface area contributed by atoms with Gasteiger partial charge in [0.25, 0.3) is 0 Å². The number of amides is 2. The normalized spacial score (nSPS) is 31.3. The van der Waals surface area contributed by atoms with Crippen molar-refractivity contribution in [2.24, 2.45) is 4.99 Å². The Bertz CT molecular complexity index is 768. The number of hydrogen-bond donors (Lipinski definition) is 1. The van der Waals surface area contributed by atoms with Crippen molar-refractivity contribution >= 4 is 11.9 Å². The predicted octanol–water partition coefficient (Wildman–Crippen LogP) is 4.33. The van der Waals surface area contributed by atoms with Crippen LogP contribution in [0.1, 0.15) is 70.3 Å². The second kappa shape index (κ2) is 7.75. The first-order valence-electron chi connectivity index (χ1n) is 11.6. The van der Waals surface area contributed by atoms with Crippen LogP contribution < -0.4 is 5.32 Å². The Morgan fingerprint density at radius 1 is 1.10 bits per heavy atom. The quantitative estimate of drug-likeness (QED) is 0.827. The zero-order valence-electron chi connectivity index (χ0n) is 17.6. The number of hydrogen-bond acceptors (Lipinski definition) is 3. The highest BCUT2D eigenvalue weighted by atomic mass is 16.2. The van der Waals surface area contributed by atoms with Crippen molar-refractivity contribution in [1.82, 2.24) is 15.1 Å². The highest BCUT2D eigenvalue weighted by Crippen LogP contribution is 2.44. The summed E-state index contributed by atoms with van der Waals surface area (Å²) in [5.74, 6) is 0.993. The Labute approximate surface area is 174 Å². The second-order valence-corrected chi connectivity index (χ2v) is 9.61. The molecule has 1 N–H and O–H groups in total. The summed E-state index contributed by atoms with van der Waals surface area (Å²) in [7, 11) is 0. The van der Waals surface area contributed by atoms with E-state index in [2.05, 4.69) is 57.4 Å². The summed E-state index contributed by atoms with van der Waals surface area (Å²) < 4.78 is 0. The molecule has 1 spiro atoms. The number of carbonyl (C=O) groups excluding carboxylic acids is 1. The van der Waals surface area contributed by atoms with E-state index in [0.717, 1.165) is 44.6 Å². The number of aliphatic imine (C=N–C) groups is 1. The summed E-state index contributed by atoms with van der Waals surface area (Å²) in [5.41, 5.74) is 1.16. The third-order valence-electron chi connectivity index (χ3n) is 7.47. The van der Waals surface area contributed by atoms with Gasteiger partial charge >= 0.3 is 6.03 Å². The smallest absolute Gasteiger partial charge is 0.346 e. The maximum atomic E-state index is 12.9. The summed E-state index contributed by atoms with van der Waals surface area (Å²) in [6.07, 6.45) is 10.6. The molecule has 3 fully saturated rings. The lowest BCUT2D eigenvalue weighted by Gasteiger charge is -2.49. The van der Waals surface area contributed by atoms with Crippen molar-refractivity contribution in [2.75, 3.05) is 6.54 Å². The third kappa shape index (κ3) is 3.70. The molecule has 4 aliphatic rings. The molecule has 29 heavy (non-hydrogen) atoms. The monoisotopic (exact) mass is 394 g/mol. The van der Waals surface area contributed by atoms with Gasteiger partial charge in [0.1, 0.15) is 11.4 Å². The van der Waals surface area contributed by atoms with Gasteiger partial charge in [0, 0.05) is 31.2 Å². The molecule has 2 heterocycles. The lowest BCUT2D eigenvalue weighted by atomic mass is 9.80. The maximum absolute atomic E-state index is 12.9. The van der Waals surface area contributed by atoms with Gasteiger partial charge < -0.3 is 10.2 Å². The van der Waals surface area contributed by atoms with Crippen LogP contribution >= 0.6 is 0 Å². The summed E-state index contributed by atoms with van der Waals surface area (Å²) in [6.45, 7) is 4.33. The molecule has 1 aromatic rings. The molecule has 2 saturated carbocycles. The highest BCUT2D eigenvalue weighted by molar-refractivity contribution is 6.07. The zero-order chi connectivity index (χ0) is 19.8. The molecule has 5 rings (SSSR count). The van der Waals surface area contributed by atoms with E-state index >= 15 is 0 Å². The topological polar surface area (TPSA) is 47.9 Å².